The first kappa shape index (κ1) is 11.0. The first-order chi connectivity index (χ1) is 7.09. The fourth-order valence-corrected chi connectivity index (χ4v) is 1.02. The SMILES string of the molecule is CC(=O)Oc1ccccc1/C=C/C(=O)[O-]. The number of hydrogen-bond donors (Lipinski definition) is 0. The van der Waals surface area contributed by atoms with Crippen molar-refractivity contribution in [2.75, 3.05) is 0 Å². The maximum Gasteiger partial charge on any atom is 0.308 e. The van der Waals surface area contributed by atoms with Gasteiger partial charge in [0.05, 0.1) is 5.97 Å². The van der Waals surface area contributed by atoms with Gasteiger partial charge in [-0.05, 0) is 18.2 Å². The minimum atomic E-state index is -1.30. The van der Waals surface area contributed by atoms with Crippen molar-refractivity contribution in [3.63, 3.8) is 0 Å². The fourth-order valence-electron chi connectivity index (χ4n) is 1.02. The predicted molar refractivity (Wildman–Crippen MR) is 51.8 cm³/mol. The number of aliphatic carboxylic acids is 1. The van der Waals surface area contributed by atoms with Gasteiger partial charge in [0.1, 0.15) is 5.75 Å². The molecule has 0 aliphatic heterocycles. The summed E-state index contributed by atoms with van der Waals surface area (Å²) in [7, 11) is 0. The lowest BCUT2D eigenvalue weighted by atomic mass is 10.2. The molecule has 1 rings (SSSR count). The lowest BCUT2D eigenvalue weighted by molar-refractivity contribution is -0.297. The minimum absolute atomic E-state index is 0.322. The summed E-state index contributed by atoms with van der Waals surface area (Å²) in [6.07, 6.45) is 2.19. The number of carboxylic acid groups (broad SMARTS) is 1. The molecule has 0 aromatic heterocycles. The van der Waals surface area contributed by atoms with E-state index in [1.165, 1.54) is 13.0 Å². The van der Waals surface area contributed by atoms with Crippen molar-refractivity contribution in [1.29, 1.82) is 0 Å². The van der Waals surface area contributed by atoms with E-state index in [0.717, 1.165) is 6.08 Å². The molecule has 0 aliphatic carbocycles. The van der Waals surface area contributed by atoms with Gasteiger partial charge in [-0.2, -0.15) is 0 Å². The van der Waals surface area contributed by atoms with E-state index >= 15 is 0 Å². The van der Waals surface area contributed by atoms with Crippen LogP contribution >= 0.6 is 0 Å². The number of para-hydroxylation sites is 1. The van der Waals surface area contributed by atoms with Crippen LogP contribution in [0.25, 0.3) is 6.08 Å². The number of benzene rings is 1. The second-order valence-electron chi connectivity index (χ2n) is 2.78. The van der Waals surface area contributed by atoms with Crippen LogP contribution in [0.2, 0.25) is 0 Å². The Morgan fingerprint density at radius 3 is 2.60 bits per heavy atom. The van der Waals surface area contributed by atoms with E-state index in [-0.39, 0.29) is 0 Å². The maximum atomic E-state index is 10.7. The summed E-state index contributed by atoms with van der Waals surface area (Å²) in [4.78, 5) is 20.9. The van der Waals surface area contributed by atoms with Crippen molar-refractivity contribution >= 4 is 18.0 Å². The molecule has 0 unspecified atom stereocenters. The van der Waals surface area contributed by atoms with Gasteiger partial charge in [0.15, 0.2) is 0 Å². The fraction of sp³-hybridized carbons (Fsp3) is 0.0909. The summed E-state index contributed by atoms with van der Waals surface area (Å²) < 4.78 is 4.87. The number of hydrogen-bond acceptors (Lipinski definition) is 4. The number of rotatable bonds is 3. The third-order valence-corrected chi connectivity index (χ3v) is 1.57. The molecular formula is C11H9O4-. The van der Waals surface area contributed by atoms with E-state index < -0.39 is 11.9 Å². The molecule has 0 aliphatic rings. The molecule has 78 valence electrons. The van der Waals surface area contributed by atoms with Crippen LogP contribution < -0.4 is 9.84 Å². The van der Waals surface area contributed by atoms with Gasteiger partial charge >= 0.3 is 5.97 Å². The third kappa shape index (κ3) is 3.64. The van der Waals surface area contributed by atoms with Gasteiger partial charge in [-0.15, -0.1) is 0 Å². The highest BCUT2D eigenvalue weighted by Crippen LogP contribution is 2.19. The second kappa shape index (κ2) is 4.95. The quantitative estimate of drug-likeness (QED) is 0.406. The van der Waals surface area contributed by atoms with E-state index in [2.05, 4.69) is 0 Å². The molecule has 4 nitrogen and oxygen atoms in total. The van der Waals surface area contributed by atoms with Gasteiger partial charge in [0.2, 0.25) is 0 Å². The zero-order valence-electron chi connectivity index (χ0n) is 8.10. The van der Waals surface area contributed by atoms with Crippen LogP contribution in [-0.2, 0) is 9.59 Å². The Hall–Kier alpha value is -2.10. The van der Waals surface area contributed by atoms with Crippen molar-refractivity contribution in [1.82, 2.24) is 0 Å². The Morgan fingerprint density at radius 2 is 2.00 bits per heavy atom. The van der Waals surface area contributed by atoms with Gasteiger partial charge in [0, 0.05) is 12.5 Å². The average molecular weight is 205 g/mol. The van der Waals surface area contributed by atoms with Gasteiger partial charge < -0.3 is 14.6 Å². The highest BCUT2D eigenvalue weighted by atomic mass is 16.5. The molecular weight excluding hydrogens is 196 g/mol. The topological polar surface area (TPSA) is 66.4 Å². The van der Waals surface area contributed by atoms with E-state index in [4.69, 9.17) is 4.74 Å². The molecule has 0 saturated heterocycles. The summed E-state index contributed by atoms with van der Waals surface area (Å²) >= 11 is 0. The Morgan fingerprint density at radius 1 is 1.33 bits per heavy atom. The van der Waals surface area contributed by atoms with Crippen molar-refractivity contribution < 1.29 is 19.4 Å². The molecule has 0 heterocycles. The molecule has 0 amide bonds. The molecule has 4 heteroatoms. The van der Waals surface area contributed by atoms with Crippen molar-refractivity contribution in [2.24, 2.45) is 0 Å². The zero-order chi connectivity index (χ0) is 11.3. The van der Waals surface area contributed by atoms with Crippen LogP contribution in [0.5, 0.6) is 5.75 Å². The van der Waals surface area contributed by atoms with Gasteiger partial charge in [-0.3, -0.25) is 4.79 Å². The van der Waals surface area contributed by atoms with E-state index in [9.17, 15) is 14.7 Å². The van der Waals surface area contributed by atoms with Gasteiger partial charge in [0.25, 0.3) is 0 Å². The van der Waals surface area contributed by atoms with Crippen LogP contribution in [0.4, 0.5) is 0 Å². The molecule has 0 bridgehead atoms. The van der Waals surface area contributed by atoms with Crippen molar-refractivity contribution in [3.05, 3.63) is 35.9 Å². The highest BCUT2D eigenvalue weighted by Gasteiger charge is 2.01. The molecule has 0 saturated carbocycles. The van der Waals surface area contributed by atoms with Gasteiger partial charge in [-0.25, -0.2) is 0 Å². The lowest BCUT2D eigenvalue weighted by Crippen LogP contribution is -2.18. The molecule has 0 atom stereocenters. The summed E-state index contributed by atoms with van der Waals surface area (Å²) in [5, 5.41) is 10.2. The number of carboxylic acids is 1. The molecule has 0 spiro atoms. The smallest absolute Gasteiger partial charge is 0.308 e. The van der Waals surface area contributed by atoms with Gasteiger partial charge in [-0.1, -0.05) is 18.2 Å². The molecule has 1 aromatic carbocycles. The minimum Gasteiger partial charge on any atom is -0.545 e. The Bertz CT molecular complexity index is 407. The molecule has 15 heavy (non-hydrogen) atoms. The summed E-state index contributed by atoms with van der Waals surface area (Å²) in [6, 6.07) is 6.62. The van der Waals surface area contributed by atoms with Crippen LogP contribution in [0, 0.1) is 0 Å². The monoisotopic (exact) mass is 205 g/mol. The Kier molecular flexibility index (Phi) is 3.62. The van der Waals surface area contributed by atoms with Crippen LogP contribution in [0.3, 0.4) is 0 Å². The first-order valence-corrected chi connectivity index (χ1v) is 4.26. The van der Waals surface area contributed by atoms with Crippen LogP contribution in [0.1, 0.15) is 12.5 Å². The van der Waals surface area contributed by atoms with Crippen LogP contribution in [-0.4, -0.2) is 11.9 Å². The molecule has 0 N–H and O–H groups in total. The van der Waals surface area contributed by atoms with Crippen molar-refractivity contribution in [2.45, 2.75) is 6.92 Å². The zero-order valence-corrected chi connectivity index (χ0v) is 8.10. The largest absolute Gasteiger partial charge is 0.545 e. The normalized spacial score (nSPS) is 10.2. The summed E-state index contributed by atoms with van der Waals surface area (Å²) in [5.41, 5.74) is 0.511. The Labute approximate surface area is 86.8 Å². The first-order valence-electron chi connectivity index (χ1n) is 4.26. The molecule has 1 aromatic rings. The maximum absolute atomic E-state index is 10.7. The summed E-state index contributed by atoms with van der Waals surface area (Å²) in [5.74, 6) is -1.43. The molecule has 0 radical (unpaired) electrons. The second-order valence-corrected chi connectivity index (χ2v) is 2.78. The Balaban J connectivity index is 2.95. The van der Waals surface area contributed by atoms with E-state index in [0.29, 0.717) is 11.3 Å². The number of carbonyl (C=O) groups is 2. The predicted octanol–water partition coefficient (Wildman–Crippen LogP) is 0.375. The number of ether oxygens (including phenoxy) is 1. The lowest BCUT2D eigenvalue weighted by Gasteiger charge is -2.04. The molecule has 0 fully saturated rings. The van der Waals surface area contributed by atoms with Crippen molar-refractivity contribution in [3.8, 4) is 5.75 Å². The van der Waals surface area contributed by atoms with E-state index in [1.54, 1.807) is 24.3 Å². The summed E-state index contributed by atoms with van der Waals surface area (Å²) in [6.45, 7) is 1.28. The van der Waals surface area contributed by atoms with Crippen LogP contribution in [0.15, 0.2) is 30.3 Å². The number of esters is 1. The average Bonchev–Trinajstić information content (AvgIpc) is 2.15. The standard InChI is InChI=1S/C11H10O4/c1-8(12)15-10-5-3-2-4-9(10)6-7-11(13)14/h2-7H,1H3,(H,13,14)/p-1/b7-6+. The number of carbonyl (C=O) groups excluding carboxylic acids is 2. The third-order valence-electron chi connectivity index (χ3n) is 1.57. The van der Waals surface area contributed by atoms with E-state index in [1.807, 2.05) is 0 Å². The highest BCUT2D eigenvalue weighted by molar-refractivity contribution is 5.84.